The molecule has 1 heterocycles. The quantitative estimate of drug-likeness (QED) is 0.891. The number of aromatic nitrogens is 1. The molecular weight excluding hydrogens is 274 g/mol. The van der Waals surface area contributed by atoms with Crippen LogP contribution in [-0.4, -0.2) is 17.1 Å². The number of rotatable bonds is 3. The smallest absolute Gasteiger partial charge is 0.319 e. The third-order valence-corrected chi connectivity index (χ3v) is 6.29. The highest BCUT2D eigenvalue weighted by Crippen LogP contribution is 2.61. The fourth-order valence-electron chi connectivity index (χ4n) is 5.66. The summed E-state index contributed by atoms with van der Waals surface area (Å²) in [5.41, 5.74) is 1.15. The van der Waals surface area contributed by atoms with Crippen LogP contribution in [0.3, 0.4) is 0 Å². The maximum Gasteiger partial charge on any atom is 0.319 e. The SMILES string of the molecule is CC(NC(=O)Nc1ccncc1)C12CC3CC(CC(C3)C1)C2. The van der Waals surface area contributed by atoms with Gasteiger partial charge in [-0.1, -0.05) is 0 Å². The number of hydrogen-bond acceptors (Lipinski definition) is 2. The number of carbonyl (C=O) groups excluding carboxylic acids is 1. The summed E-state index contributed by atoms with van der Waals surface area (Å²) in [6, 6.07) is 3.79. The predicted molar refractivity (Wildman–Crippen MR) is 86.5 cm³/mol. The molecule has 1 unspecified atom stereocenters. The maximum atomic E-state index is 12.3. The molecule has 1 atom stereocenters. The van der Waals surface area contributed by atoms with Crippen LogP contribution in [0.1, 0.15) is 45.4 Å². The number of hydrogen-bond donors (Lipinski definition) is 2. The normalized spacial score (nSPS) is 36.9. The van der Waals surface area contributed by atoms with Crippen molar-refractivity contribution in [1.29, 1.82) is 0 Å². The molecule has 4 aliphatic carbocycles. The van der Waals surface area contributed by atoms with Crippen LogP contribution in [0.5, 0.6) is 0 Å². The van der Waals surface area contributed by atoms with E-state index in [9.17, 15) is 4.79 Å². The highest BCUT2D eigenvalue weighted by molar-refractivity contribution is 5.89. The van der Waals surface area contributed by atoms with Crippen LogP contribution in [0, 0.1) is 23.2 Å². The molecule has 0 saturated heterocycles. The zero-order valence-electron chi connectivity index (χ0n) is 13.2. The van der Waals surface area contributed by atoms with E-state index in [0.29, 0.717) is 5.41 Å². The summed E-state index contributed by atoms with van der Waals surface area (Å²) >= 11 is 0. The Bertz CT molecular complexity index is 521. The van der Waals surface area contributed by atoms with Gasteiger partial charge in [-0.05, 0) is 80.8 Å². The van der Waals surface area contributed by atoms with Crippen LogP contribution in [0.2, 0.25) is 0 Å². The zero-order valence-corrected chi connectivity index (χ0v) is 13.2. The van der Waals surface area contributed by atoms with E-state index in [2.05, 4.69) is 22.5 Å². The maximum absolute atomic E-state index is 12.3. The Morgan fingerprint density at radius 1 is 1.14 bits per heavy atom. The molecule has 0 radical (unpaired) electrons. The van der Waals surface area contributed by atoms with Crippen LogP contribution in [-0.2, 0) is 0 Å². The van der Waals surface area contributed by atoms with Gasteiger partial charge in [0.25, 0.3) is 0 Å². The van der Waals surface area contributed by atoms with Gasteiger partial charge in [0.15, 0.2) is 0 Å². The molecule has 2 N–H and O–H groups in total. The largest absolute Gasteiger partial charge is 0.335 e. The van der Waals surface area contributed by atoms with Gasteiger partial charge < -0.3 is 10.6 Å². The standard InChI is InChI=1S/C18H25N3O/c1-12(20-17(22)21-16-2-4-19-5-3-16)18-9-13-6-14(10-18)8-15(7-13)11-18/h2-5,12-15H,6-11H2,1H3,(H2,19,20,21,22). The van der Waals surface area contributed by atoms with Crippen molar-refractivity contribution in [3.63, 3.8) is 0 Å². The lowest BCUT2D eigenvalue weighted by Gasteiger charge is -2.59. The molecule has 4 fully saturated rings. The van der Waals surface area contributed by atoms with Gasteiger partial charge in [0, 0.05) is 24.1 Å². The molecule has 4 saturated carbocycles. The third kappa shape index (κ3) is 2.49. The number of amides is 2. The Balaban J connectivity index is 1.41. The minimum absolute atomic E-state index is 0.0885. The van der Waals surface area contributed by atoms with Crippen LogP contribution < -0.4 is 10.6 Å². The van der Waals surface area contributed by atoms with Crippen molar-refractivity contribution in [2.45, 2.75) is 51.5 Å². The first-order valence-electron chi connectivity index (χ1n) is 8.60. The minimum atomic E-state index is -0.0885. The molecule has 0 aromatic carbocycles. The van der Waals surface area contributed by atoms with Crippen molar-refractivity contribution in [2.75, 3.05) is 5.32 Å². The average molecular weight is 299 g/mol. The Labute approximate surface area is 132 Å². The number of anilines is 1. The van der Waals surface area contributed by atoms with Gasteiger partial charge in [-0.2, -0.15) is 0 Å². The van der Waals surface area contributed by atoms with E-state index in [1.54, 1.807) is 12.4 Å². The van der Waals surface area contributed by atoms with Gasteiger partial charge in [-0.25, -0.2) is 4.79 Å². The second kappa shape index (κ2) is 5.25. The van der Waals surface area contributed by atoms with Gasteiger partial charge in [0.05, 0.1) is 0 Å². The monoisotopic (exact) mass is 299 g/mol. The van der Waals surface area contributed by atoms with Gasteiger partial charge in [-0.3, -0.25) is 4.98 Å². The highest BCUT2D eigenvalue weighted by Gasteiger charge is 2.53. The first kappa shape index (κ1) is 14.0. The van der Waals surface area contributed by atoms with E-state index < -0.39 is 0 Å². The zero-order chi connectivity index (χ0) is 15.2. The topological polar surface area (TPSA) is 54.0 Å². The second-order valence-corrected chi connectivity index (χ2v) is 7.84. The van der Waals surface area contributed by atoms with Gasteiger partial charge in [-0.15, -0.1) is 0 Å². The van der Waals surface area contributed by atoms with Crippen LogP contribution in [0.25, 0.3) is 0 Å². The highest BCUT2D eigenvalue weighted by atomic mass is 16.2. The van der Waals surface area contributed by atoms with E-state index in [4.69, 9.17) is 0 Å². The molecule has 4 aliphatic rings. The molecule has 118 valence electrons. The van der Waals surface area contributed by atoms with Gasteiger partial charge in [0.1, 0.15) is 0 Å². The molecule has 5 rings (SSSR count). The van der Waals surface area contributed by atoms with Crippen LogP contribution >= 0.6 is 0 Å². The molecule has 4 bridgehead atoms. The van der Waals surface area contributed by atoms with E-state index >= 15 is 0 Å². The predicted octanol–water partition coefficient (Wildman–Crippen LogP) is 3.81. The summed E-state index contributed by atoms with van der Waals surface area (Å²) in [5.74, 6) is 2.75. The van der Waals surface area contributed by atoms with E-state index in [1.165, 1.54) is 38.5 Å². The number of urea groups is 1. The fourth-order valence-corrected chi connectivity index (χ4v) is 5.66. The molecule has 1 aromatic rings. The Kier molecular flexibility index (Phi) is 3.35. The lowest BCUT2D eigenvalue weighted by Crippen LogP contribution is -2.56. The van der Waals surface area contributed by atoms with Crippen molar-refractivity contribution >= 4 is 11.7 Å². The van der Waals surface area contributed by atoms with Crippen molar-refractivity contribution < 1.29 is 4.79 Å². The van der Waals surface area contributed by atoms with Crippen molar-refractivity contribution in [3.8, 4) is 0 Å². The molecular formula is C18H25N3O. The molecule has 0 aliphatic heterocycles. The van der Waals surface area contributed by atoms with Gasteiger partial charge in [0.2, 0.25) is 0 Å². The molecule has 22 heavy (non-hydrogen) atoms. The Hall–Kier alpha value is -1.58. The second-order valence-electron chi connectivity index (χ2n) is 7.84. The fraction of sp³-hybridized carbons (Fsp3) is 0.667. The molecule has 2 amide bonds. The van der Waals surface area contributed by atoms with Crippen LogP contribution in [0.4, 0.5) is 10.5 Å². The Morgan fingerprint density at radius 2 is 1.68 bits per heavy atom. The van der Waals surface area contributed by atoms with E-state index in [1.807, 2.05) is 12.1 Å². The minimum Gasteiger partial charge on any atom is -0.335 e. The molecule has 1 aromatic heterocycles. The molecule has 4 heteroatoms. The first-order valence-corrected chi connectivity index (χ1v) is 8.60. The van der Waals surface area contributed by atoms with Gasteiger partial charge >= 0.3 is 6.03 Å². The molecule has 0 spiro atoms. The van der Waals surface area contributed by atoms with Crippen molar-refractivity contribution in [2.24, 2.45) is 23.2 Å². The van der Waals surface area contributed by atoms with Crippen LogP contribution in [0.15, 0.2) is 24.5 Å². The number of pyridine rings is 1. The number of nitrogens with zero attached hydrogens (tertiary/aromatic N) is 1. The summed E-state index contributed by atoms with van der Waals surface area (Å²) < 4.78 is 0. The van der Waals surface area contributed by atoms with Crippen molar-refractivity contribution in [3.05, 3.63) is 24.5 Å². The summed E-state index contributed by atoms with van der Waals surface area (Å²) in [4.78, 5) is 16.2. The number of carbonyl (C=O) groups is 1. The molecule has 4 nitrogen and oxygen atoms in total. The lowest BCUT2D eigenvalue weighted by atomic mass is 9.48. The average Bonchev–Trinajstić information content (AvgIpc) is 2.46. The summed E-state index contributed by atoms with van der Waals surface area (Å²) in [6.07, 6.45) is 11.6. The Morgan fingerprint density at radius 3 is 2.23 bits per heavy atom. The van der Waals surface area contributed by atoms with Crippen molar-refractivity contribution in [1.82, 2.24) is 10.3 Å². The third-order valence-electron chi connectivity index (χ3n) is 6.29. The number of nitrogens with one attached hydrogen (secondary N) is 2. The lowest BCUT2D eigenvalue weighted by molar-refractivity contribution is -0.0679. The van der Waals surface area contributed by atoms with E-state index in [-0.39, 0.29) is 12.1 Å². The van der Waals surface area contributed by atoms with E-state index in [0.717, 1.165) is 23.4 Å². The summed E-state index contributed by atoms with van der Waals surface area (Å²) in [5, 5.41) is 6.13. The first-order chi connectivity index (χ1) is 10.6. The summed E-state index contributed by atoms with van der Waals surface area (Å²) in [6.45, 7) is 2.21. The summed E-state index contributed by atoms with van der Waals surface area (Å²) in [7, 11) is 0.